The molecule has 2 nitrogen and oxygen atoms in total. The van der Waals surface area contributed by atoms with Gasteiger partial charge in [-0.2, -0.15) is 0 Å². The van der Waals surface area contributed by atoms with E-state index in [1.807, 2.05) is 0 Å². The highest BCUT2D eigenvalue weighted by Gasteiger charge is 2.20. The van der Waals surface area contributed by atoms with E-state index in [0.29, 0.717) is 5.56 Å². The quantitative estimate of drug-likeness (QED) is 0.586. The van der Waals surface area contributed by atoms with Gasteiger partial charge in [-0.05, 0) is 30.2 Å². The van der Waals surface area contributed by atoms with Gasteiger partial charge >= 0.3 is 0 Å². The number of aromatic nitrogens is 1. The van der Waals surface area contributed by atoms with E-state index in [2.05, 4.69) is 4.98 Å². The van der Waals surface area contributed by atoms with E-state index in [9.17, 15) is 13.6 Å². The van der Waals surface area contributed by atoms with Crippen molar-refractivity contribution in [3.05, 3.63) is 28.0 Å². The van der Waals surface area contributed by atoms with Crippen LogP contribution in [0.5, 0.6) is 0 Å². The summed E-state index contributed by atoms with van der Waals surface area (Å²) in [6.07, 6.45) is -2.80. The van der Waals surface area contributed by atoms with Gasteiger partial charge in [0.2, 0.25) is 0 Å². The maximum atomic E-state index is 12.4. The summed E-state index contributed by atoms with van der Waals surface area (Å²) in [6.45, 7) is 1.52. The molecule has 1 heterocycles. The molecule has 6 heteroatoms. The summed E-state index contributed by atoms with van der Waals surface area (Å²) in [4.78, 5) is 14.2. The first-order chi connectivity index (χ1) is 6.43. The van der Waals surface area contributed by atoms with E-state index >= 15 is 0 Å². The van der Waals surface area contributed by atoms with Gasteiger partial charge in [-0.25, -0.2) is 13.8 Å². The van der Waals surface area contributed by atoms with E-state index in [-0.39, 0.29) is 5.15 Å². The highest BCUT2D eigenvalue weighted by molar-refractivity contribution is 6.67. The van der Waals surface area contributed by atoms with Gasteiger partial charge in [0.15, 0.2) is 0 Å². The highest BCUT2D eigenvalue weighted by atomic mass is 35.5. The normalized spacial score (nSPS) is 10.7. The zero-order valence-corrected chi connectivity index (χ0v) is 8.53. The summed E-state index contributed by atoms with van der Waals surface area (Å²) in [6, 6.07) is 1.11. The minimum Gasteiger partial charge on any atom is -0.274 e. The Morgan fingerprint density at radius 3 is 2.57 bits per heavy atom. The van der Waals surface area contributed by atoms with Crippen molar-refractivity contribution < 1.29 is 13.6 Å². The summed E-state index contributed by atoms with van der Waals surface area (Å²) in [7, 11) is 0. The lowest BCUT2D eigenvalue weighted by atomic mass is 10.1. The number of alkyl halides is 2. The van der Waals surface area contributed by atoms with Crippen molar-refractivity contribution >= 4 is 28.4 Å². The van der Waals surface area contributed by atoms with Gasteiger partial charge in [0.1, 0.15) is 10.8 Å². The fraction of sp³-hybridized carbons (Fsp3) is 0.250. The summed E-state index contributed by atoms with van der Waals surface area (Å²) in [5, 5.41) is -1.04. The molecule has 0 spiro atoms. The molecule has 76 valence electrons. The molecule has 0 radical (unpaired) electrons. The lowest BCUT2D eigenvalue weighted by Crippen LogP contribution is -2.03. The van der Waals surface area contributed by atoms with Crippen molar-refractivity contribution in [1.82, 2.24) is 4.98 Å². The molecule has 0 aliphatic heterocycles. The molecule has 1 aromatic rings. The third-order valence-electron chi connectivity index (χ3n) is 1.60. The lowest BCUT2D eigenvalue weighted by Gasteiger charge is -2.06. The molecule has 0 atom stereocenters. The van der Waals surface area contributed by atoms with Gasteiger partial charge in [-0.1, -0.05) is 11.6 Å². The van der Waals surface area contributed by atoms with Crippen LogP contribution in [0.4, 0.5) is 8.78 Å². The van der Waals surface area contributed by atoms with Gasteiger partial charge in [-0.15, -0.1) is 0 Å². The molecule has 0 amide bonds. The third-order valence-corrected chi connectivity index (χ3v) is 2.16. The molecule has 0 saturated carbocycles. The smallest absolute Gasteiger partial charge is 0.271 e. The molecule has 0 fully saturated rings. The second kappa shape index (κ2) is 4.19. The summed E-state index contributed by atoms with van der Waals surface area (Å²) in [5.74, 6) is 0. The lowest BCUT2D eigenvalue weighted by molar-refractivity contribution is 0.106. The van der Waals surface area contributed by atoms with Crippen molar-refractivity contribution in [1.29, 1.82) is 0 Å². The molecule has 0 aliphatic carbocycles. The first-order valence-electron chi connectivity index (χ1n) is 3.58. The molecule has 14 heavy (non-hydrogen) atoms. The molecule has 0 unspecified atom stereocenters. The Labute approximate surface area is 88.8 Å². The highest BCUT2D eigenvalue weighted by Crippen LogP contribution is 2.26. The van der Waals surface area contributed by atoms with Gasteiger partial charge in [-0.3, -0.25) is 4.79 Å². The van der Waals surface area contributed by atoms with Crippen LogP contribution in [0, 0.1) is 6.92 Å². The number of hydrogen-bond donors (Lipinski definition) is 0. The largest absolute Gasteiger partial charge is 0.274 e. The van der Waals surface area contributed by atoms with Crippen molar-refractivity contribution in [2.24, 2.45) is 0 Å². The number of hydrogen-bond acceptors (Lipinski definition) is 2. The van der Waals surface area contributed by atoms with E-state index in [1.54, 1.807) is 0 Å². The zero-order valence-electron chi connectivity index (χ0n) is 7.02. The maximum absolute atomic E-state index is 12.4. The summed E-state index contributed by atoms with van der Waals surface area (Å²) >= 11 is 10.7. The first-order valence-corrected chi connectivity index (χ1v) is 4.34. The van der Waals surface area contributed by atoms with Crippen LogP contribution in [0.3, 0.4) is 0 Å². The maximum Gasteiger partial charge on any atom is 0.271 e. The molecule has 0 aromatic carbocycles. The second-order valence-electron chi connectivity index (χ2n) is 2.61. The topological polar surface area (TPSA) is 30.0 Å². The summed E-state index contributed by atoms with van der Waals surface area (Å²) < 4.78 is 24.8. The van der Waals surface area contributed by atoms with Crippen LogP contribution in [-0.4, -0.2) is 10.2 Å². The minimum absolute atomic E-state index is 0.00148. The van der Waals surface area contributed by atoms with E-state index < -0.39 is 22.9 Å². The van der Waals surface area contributed by atoms with Crippen LogP contribution in [0.2, 0.25) is 5.15 Å². The van der Waals surface area contributed by atoms with Gasteiger partial charge in [0.25, 0.3) is 11.7 Å². The number of nitrogens with zero attached hydrogens (tertiary/aromatic N) is 1. The van der Waals surface area contributed by atoms with Crippen molar-refractivity contribution in [3.8, 4) is 0 Å². The van der Waals surface area contributed by atoms with Crippen molar-refractivity contribution in [3.63, 3.8) is 0 Å². The second-order valence-corrected chi connectivity index (χ2v) is 3.31. The monoisotopic (exact) mass is 239 g/mol. The van der Waals surface area contributed by atoms with Gasteiger partial charge in [0, 0.05) is 5.56 Å². The molecular formula is C8H5Cl2F2NO. The number of carbonyl (C=O) groups excluding carboxylic acids is 1. The SMILES string of the molecule is Cc1cc(C(F)F)c(C(=O)Cl)nc1Cl. The van der Waals surface area contributed by atoms with E-state index in [4.69, 9.17) is 23.2 Å². The third kappa shape index (κ3) is 2.19. The Morgan fingerprint density at radius 2 is 2.14 bits per heavy atom. The number of aryl methyl sites for hydroxylation is 1. The Kier molecular flexibility index (Phi) is 3.39. The van der Waals surface area contributed by atoms with Crippen molar-refractivity contribution in [2.75, 3.05) is 0 Å². The van der Waals surface area contributed by atoms with Crippen LogP contribution >= 0.6 is 23.2 Å². The molecular weight excluding hydrogens is 235 g/mol. The first kappa shape index (κ1) is 11.3. The molecule has 0 saturated heterocycles. The number of pyridine rings is 1. The van der Waals surface area contributed by atoms with E-state index in [1.165, 1.54) is 6.92 Å². The van der Waals surface area contributed by atoms with Crippen LogP contribution in [0.25, 0.3) is 0 Å². The predicted molar refractivity (Wildman–Crippen MR) is 49.1 cm³/mol. The van der Waals surface area contributed by atoms with Crippen LogP contribution < -0.4 is 0 Å². The average Bonchev–Trinajstić information content (AvgIpc) is 2.08. The number of carbonyl (C=O) groups is 1. The fourth-order valence-electron chi connectivity index (χ4n) is 0.936. The number of rotatable bonds is 2. The number of halogens is 4. The zero-order chi connectivity index (χ0) is 10.9. The molecule has 0 bridgehead atoms. The Morgan fingerprint density at radius 1 is 1.57 bits per heavy atom. The predicted octanol–water partition coefficient (Wildman–Crippen LogP) is 3.36. The fourth-order valence-corrected chi connectivity index (χ4v) is 1.23. The summed E-state index contributed by atoms with van der Waals surface area (Å²) in [5.41, 5.74) is -0.604. The molecule has 1 rings (SSSR count). The Bertz CT molecular complexity index is 382. The molecule has 1 aromatic heterocycles. The van der Waals surface area contributed by atoms with Crippen LogP contribution in [0.1, 0.15) is 28.0 Å². The standard InChI is InChI=1S/C8H5Cl2F2NO/c1-3-2-4(8(11)12)5(7(10)14)13-6(3)9/h2,8H,1H3. The van der Waals surface area contributed by atoms with Crippen LogP contribution in [-0.2, 0) is 0 Å². The molecule has 0 N–H and O–H groups in total. The van der Waals surface area contributed by atoms with E-state index in [0.717, 1.165) is 6.07 Å². The Hall–Kier alpha value is -0.740. The molecule has 0 aliphatic rings. The average molecular weight is 240 g/mol. The van der Waals surface area contributed by atoms with Crippen LogP contribution in [0.15, 0.2) is 6.07 Å². The van der Waals surface area contributed by atoms with Gasteiger partial charge < -0.3 is 0 Å². The van der Waals surface area contributed by atoms with Gasteiger partial charge in [0.05, 0.1) is 0 Å². The minimum atomic E-state index is -2.80. The van der Waals surface area contributed by atoms with Crippen molar-refractivity contribution in [2.45, 2.75) is 13.3 Å². The Balaban J connectivity index is 3.39.